The molecular formula is C36H53N3O5. The molecule has 2 unspecified atom stereocenters. The van der Waals surface area contributed by atoms with Crippen LogP contribution in [0.4, 0.5) is 4.79 Å². The van der Waals surface area contributed by atoms with Gasteiger partial charge in [-0.15, -0.1) is 0 Å². The van der Waals surface area contributed by atoms with Crippen LogP contribution in [-0.2, 0) is 20.7 Å². The van der Waals surface area contributed by atoms with Gasteiger partial charge in [-0.3, -0.25) is 9.59 Å². The van der Waals surface area contributed by atoms with Crippen LogP contribution in [-0.4, -0.2) is 52.6 Å². The average Bonchev–Trinajstić information content (AvgIpc) is 2.98. The van der Waals surface area contributed by atoms with E-state index < -0.39 is 23.8 Å². The first-order valence-corrected chi connectivity index (χ1v) is 16.1. The third-order valence-corrected chi connectivity index (χ3v) is 7.25. The number of nitrogens with one attached hydrogen (secondary N) is 2. The third-order valence-electron chi connectivity index (χ3n) is 7.25. The number of ether oxygens (including phenoxy) is 1. The number of rotatable bonds is 18. The fourth-order valence-corrected chi connectivity index (χ4v) is 4.96. The van der Waals surface area contributed by atoms with Crippen LogP contribution < -0.4 is 10.6 Å². The molecule has 0 spiro atoms. The summed E-state index contributed by atoms with van der Waals surface area (Å²) in [6, 6.07) is 12.1. The lowest BCUT2D eigenvalue weighted by atomic mass is 9.98. The van der Waals surface area contributed by atoms with E-state index in [4.69, 9.17) is 4.74 Å². The Morgan fingerprint density at radius 3 is 2.25 bits per heavy atom. The molecule has 242 valence electrons. The molecule has 0 radical (unpaired) electrons. The number of benzene rings is 2. The zero-order valence-corrected chi connectivity index (χ0v) is 27.4. The molecule has 3 amide bonds. The zero-order valence-electron chi connectivity index (χ0n) is 27.4. The normalized spacial score (nSPS) is 12.6. The third kappa shape index (κ3) is 12.8. The van der Waals surface area contributed by atoms with E-state index in [1.807, 2.05) is 24.3 Å². The first-order valence-electron chi connectivity index (χ1n) is 16.1. The molecule has 2 aromatic carbocycles. The Hall–Kier alpha value is -3.81. The molecule has 0 fully saturated rings. The molecule has 0 heterocycles. The van der Waals surface area contributed by atoms with E-state index in [9.17, 15) is 19.5 Å². The van der Waals surface area contributed by atoms with Gasteiger partial charge in [-0.2, -0.15) is 0 Å². The molecule has 8 nitrogen and oxygen atoms in total. The van der Waals surface area contributed by atoms with Gasteiger partial charge in [0.05, 0.1) is 0 Å². The summed E-state index contributed by atoms with van der Waals surface area (Å²) in [5.74, 6) is -0.538. The lowest BCUT2D eigenvalue weighted by Crippen LogP contribution is -2.54. The summed E-state index contributed by atoms with van der Waals surface area (Å²) in [7, 11) is 0. The first-order chi connectivity index (χ1) is 21.0. The minimum atomic E-state index is -1.01. The fraction of sp³-hybridized carbons (Fsp3) is 0.528. The van der Waals surface area contributed by atoms with E-state index in [1.165, 1.54) is 0 Å². The van der Waals surface area contributed by atoms with Gasteiger partial charge in [-0.05, 0) is 68.5 Å². The standard InChI is InChI=1S/C36H53N3O5/c1-7-10-12-13-14-15-24-39(32(33(41)37-23-11-8-2)29-18-16-17-27(9-3)25-29)34(42)31(38-35(43)44-36(4,5)6)26-28-19-21-30(40)22-20-28/h9,16-22,25,31-32,40H,3,7-8,10-15,23-24,26H2,1-2,4-6H3,(H,37,41)(H,38,43). The van der Waals surface area contributed by atoms with Crippen molar-refractivity contribution in [1.29, 1.82) is 0 Å². The van der Waals surface area contributed by atoms with Crippen LogP contribution in [0.3, 0.4) is 0 Å². The van der Waals surface area contributed by atoms with Crippen molar-refractivity contribution in [2.24, 2.45) is 0 Å². The highest BCUT2D eigenvalue weighted by Gasteiger charge is 2.36. The van der Waals surface area contributed by atoms with Crippen molar-refractivity contribution in [1.82, 2.24) is 15.5 Å². The van der Waals surface area contributed by atoms with Crippen molar-refractivity contribution in [2.75, 3.05) is 13.1 Å². The Morgan fingerprint density at radius 2 is 1.61 bits per heavy atom. The van der Waals surface area contributed by atoms with Crippen molar-refractivity contribution in [3.05, 3.63) is 71.8 Å². The summed E-state index contributed by atoms with van der Waals surface area (Å²) in [6.45, 7) is 14.2. The summed E-state index contributed by atoms with van der Waals surface area (Å²) >= 11 is 0. The summed E-state index contributed by atoms with van der Waals surface area (Å²) < 4.78 is 5.53. The van der Waals surface area contributed by atoms with E-state index >= 15 is 0 Å². The summed E-state index contributed by atoms with van der Waals surface area (Å²) in [6.07, 6.45) is 9.00. The first kappa shape index (κ1) is 36.4. The maximum Gasteiger partial charge on any atom is 0.408 e. The molecule has 44 heavy (non-hydrogen) atoms. The number of alkyl carbamates (subject to hydrolysis) is 1. The lowest BCUT2D eigenvalue weighted by molar-refractivity contribution is -0.142. The maximum absolute atomic E-state index is 14.6. The van der Waals surface area contributed by atoms with Crippen LogP contribution in [0, 0.1) is 0 Å². The second kappa shape index (κ2) is 18.8. The van der Waals surface area contributed by atoms with Crippen molar-refractivity contribution < 1.29 is 24.2 Å². The Balaban J connectivity index is 2.55. The highest BCUT2D eigenvalue weighted by Crippen LogP contribution is 2.26. The van der Waals surface area contributed by atoms with Crippen LogP contribution in [0.15, 0.2) is 55.1 Å². The number of hydrogen-bond donors (Lipinski definition) is 3. The number of hydrogen-bond acceptors (Lipinski definition) is 5. The number of carbonyl (C=O) groups is 3. The Morgan fingerprint density at radius 1 is 0.955 bits per heavy atom. The minimum absolute atomic E-state index is 0.104. The highest BCUT2D eigenvalue weighted by atomic mass is 16.6. The predicted octanol–water partition coefficient (Wildman–Crippen LogP) is 7.32. The van der Waals surface area contributed by atoms with E-state index in [2.05, 4.69) is 31.1 Å². The van der Waals surface area contributed by atoms with Crippen molar-refractivity contribution in [3.63, 3.8) is 0 Å². The van der Waals surface area contributed by atoms with Crippen LogP contribution in [0.25, 0.3) is 6.08 Å². The molecule has 2 atom stereocenters. The van der Waals surface area contributed by atoms with Gasteiger partial charge in [-0.25, -0.2) is 4.79 Å². The van der Waals surface area contributed by atoms with Crippen LogP contribution in [0.5, 0.6) is 5.75 Å². The molecule has 0 aromatic heterocycles. The largest absolute Gasteiger partial charge is 0.508 e. The van der Waals surface area contributed by atoms with Gasteiger partial charge in [-0.1, -0.05) is 95.4 Å². The monoisotopic (exact) mass is 607 g/mol. The molecule has 0 aliphatic rings. The lowest BCUT2D eigenvalue weighted by Gasteiger charge is -2.35. The summed E-state index contributed by atoms with van der Waals surface area (Å²) in [5, 5.41) is 15.6. The van der Waals surface area contributed by atoms with Gasteiger partial charge in [0.1, 0.15) is 23.4 Å². The molecular weight excluding hydrogens is 554 g/mol. The Kier molecular flexibility index (Phi) is 15.5. The number of aromatic hydroxyl groups is 1. The molecule has 2 aromatic rings. The Labute approximate surface area is 264 Å². The number of phenols is 1. The van der Waals surface area contributed by atoms with Gasteiger partial charge >= 0.3 is 6.09 Å². The quantitative estimate of drug-likeness (QED) is 0.154. The Bertz CT molecular complexity index is 1190. The predicted molar refractivity (Wildman–Crippen MR) is 177 cm³/mol. The van der Waals surface area contributed by atoms with Crippen LogP contribution in [0.1, 0.15) is 109 Å². The van der Waals surface area contributed by atoms with Gasteiger partial charge in [0, 0.05) is 19.5 Å². The average molecular weight is 608 g/mol. The summed E-state index contributed by atoms with van der Waals surface area (Å²) in [4.78, 5) is 43.1. The summed E-state index contributed by atoms with van der Waals surface area (Å²) in [5.41, 5.74) is 1.50. The molecule has 0 bridgehead atoms. The molecule has 0 aliphatic carbocycles. The van der Waals surface area contributed by atoms with E-state index in [-0.39, 0.29) is 24.0 Å². The van der Waals surface area contributed by atoms with E-state index in [0.717, 1.165) is 56.1 Å². The van der Waals surface area contributed by atoms with Crippen molar-refractivity contribution in [3.8, 4) is 5.75 Å². The van der Waals surface area contributed by atoms with Crippen LogP contribution in [0.2, 0.25) is 0 Å². The number of amides is 3. The number of carbonyl (C=O) groups excluding carboxylic acids is 3. The highest BCUT2D eigenvalue weighted by molar-refractivity contribution is 5.92. The van der Waals surface area contributed by atoms with Gasteiger partial charge in [0.2, 0.25) is 11.8 Å². The smallest absolute Gasteiger partial charge is 0.408 e. The molecule has 3 N–H and O–H groups in total. The zero-order chi connectivity index (χ0) is 32.5. The second-order valence-corrected chi connectivity index (χ2v) is 12.3. The molecule has 2 rings (SSSR count). The van der Waals surface area contributed by atoms with Crippen molar-refractivity contribution in [2.45, 2.75) is 110 Å². The van der Waals surface area contributed by atoms with Crippen molar-refractivity contribution >= 4 is 24.0 Å². The molecule has 0 aliphatic heterocycles. The number of unbranched alkanes of at least 4 members (excludes halogenated alkanes) is 6. The maximum atomic E-state index is 14.6. The molecule has 0 saturated heterocycles. The topological polar surface area (TPSA) is 108 Å². The van der Waals surface area contributed by atoms with Gasteiger partial charge in [0.15, 0.2) is 0 Å². The second-order valence-electron chi connectivity index (χ2n) is 12.3. The fourth-order valence-electron chi connectivity index (χ4n) is 4.96. The van der Waals surface area contributed by atoms with E-state index in [0.29, 0.717) is 25.1 Å². The number of phenolic OH excluding ortho intramolecular Hbond substituents is 1. The minimum Gasteiger partial charge on any atom is -0.508 e. The number of nitrogens with zero attached hydrogens (tertiary/aromatic N) is 1. The van der Waals surface area contributed by atoms with E-state index in [1.54, 1.807) is 56.0 Å². The van der Waals surface area contributed by atoms with Crippen LogP contribution >= 0.6 is 0 Å². The van der Waals surface area contributed by atoms with Gasteiger partial charge < -0.3 is 25.4 Å². The molecule has 0 saturated carbocycles. The SMILES string of the molecule is C=Cc1cccc(C(C(=O)NCCCC)N(CCCCCCCC)C(=O)C(Cc2ccc(O)cc2)NC(=O)OC(C)(C)C)c1. The molecule has 8 heteroatoms. The van der Waals surface area contributed by atoms with Gasteiger partial charge in [0.25, 0.3) is 0 Å².